The predicted molar refractivity (Wildman–Crippen MR) is 74.4 cm³/mol. The fourth-order valence-electron chi connectivity index (χ4n) is 1.77. The molecule has 108 valence electrons. The predicted octanol–water partition coefficient (Wildman–Crippen LogP) is 3.83. The van der Waals surface area contributed by atoms with Gasteiger partial charge in [0.15, 0.2) is 0 Å². The first-order valence-electron chi connectivity index (χ1n) is 6.87. The minimum Gasteiger partial charge on any atom is -0.466 e. The van der Waals surface area contributed by atoms with Crippen molar-refractivity contribution in [3.63, 3.8) is 0 Å². The van der Waals surface area contributed by atoms with Crippen LogP contribution in [0.2, 0.25) is 0 Å². The third-order valence-corrected chi connectivity index (χ3v) is 5.26. The lowest BCUT2D eigenvalue weighted by molar-refractivity contribution is -0.140. The Balaban J connectivity index is 3.86. The van der Waals surface area contributed by atoms with E-state index in [2.05, 4.69) is 6.92 Å². The molecule has 0 aromatic heterocycles. The van der Waals surface area contributed by atoms with Crippen LogP contribution in [0.5, 0.6) is 0 Å². The molecule has 0 saturated heterocycles. The lowest BCUT2D eigenvalue weighted by Crippen LogP contribution is -2.12. The Morgan fingerprint density at radius 2 is 1.67 bits per heavy atom. The van der Waals surface area contributed by atoms with E-state index >= 15 is 0 Å². The smallest absolute Gasteiger partial charge is 0.315 e. The largest absolute Gasteiger partial charge is 0.466 e. The molecule has 0 bridgehead atoms. The molecule has 0 aromatic rings. The van der Waals surface area contributed by atoms with Crippen molar-refractivity contribution in [1.29, 1.82) is 0 Å². The van der Waals surface area contributed by atoms with Gasteiger partial charge in [-0.05, 0) is 13.3 Å². The molecule has 0 rings (SSSR count). The molecule has 0 saturated carbocycles. The Labute approximate surface area is 111 Å². The van der Waals surface area contributed by atoms with Crippen LogP contribution in [0.25, 0.3) is 0 Å². The van der Waals surface area contributed by atoms with Crippen LogP contribution in [0.4, 0.5) is 0 Å². The molecule has 0 aromatic carbocycles. The van der Waals surface area contributed by atoms with Crippen molar-refractivity contribution in [1.82, 2.24) is 0 Å². The Morgan fingerprint density at radius 3 is 2.22 bits per heavy atom. The van der Waals surface area contributed by atoms with Crippen molar-refractivity contribution in [2.24, 2.45) is 0 Å². The second-order valence-corrected chi connectivity index (χ2v) is 7.21. The quantitative estimate of drug-likeness (QED) is 0.327. The van der Waals surface area contributed by atoms with Crippen LogP contribution >= 0.6 is 7.37 Å². The molecule has 1 atom stereocenters. The van der Waals surface area contributed by atoms with Gasteiger partial charge in [0.2, 0.25) is 7.37 Å². The van der Waals surface area contributed by atoms with Crippen LogP contribution in [-0.2, 0) is 18.6 Å². The molecule has 1 unspecified atom stereocenters. The van der Waals surface area contributed by atoms with E-state index < -0.39 is 13.3 Å². The van der Waals surface area contributed by atoms with Gasteiger partial charge in [-0.15, -0.1) is 0 Å². The molecule has 0 fully saturated rings. The molecule has 0 aliphatic heterocycles. The lowest BCUT2D eigenvalue weighted by Gasteiger charge is -2.15. The third-order valence-electron chi connectivity index (χ3n) is 2.86. The first-order chi connectivity index (χ1) is 8.58. The summed E-state index contributed by atoms with van der Waals surface area (Å²) in [6, 6.07) is 0. The number of ether oxygens (including phenoxy) is 1. The second kappa shape index (κ2) is 10.6. The van der Waals surface area contributed by atoms with Gasteiger partial charge in [0.1, 0.15) is 6.16 Å². The topological polar surface area (TPSA) is 52.6 Å². The van der Waals surface area contributed by atoms with E-state index in [-0.39, 0.29) is 6.16 Å². The van der Waals surface area contributed by atoms with Crippen LogP contribution in [0.3, 0.4) is 0 Å². The van der Waals surface area contributed by atoms with Gasteiger partial charge >= 0.3 is 5.97 Å². The van der Waals surface area contributed by atoms with Gasteiger partial charge in [0.05, 0.1) is 6.61 Å². The summed E-state index contributed by atoms with van der Waals surface area (Å²) in [7, 11) is -1.40. The van der Waals surface area contributed by atoms with E-state index in [1.807, 2.05) is 0 Å². The first-order valence-corrected chi connectivity index (χ1v) is 8.87. The number of carbonyl (C=O) groups is 1. The van der Waals surface area contributed by atoms with Gasteiger partial charge in [-0.3, -0.25) is 9.36 Å². The Morgan fingerprint density at radius 1 is 1.06 bits per heavy atom. The monoisotopic (exact) mass is 278 g/mol. The number of hydrogen-bond donors (Lipinski definition) is 0. The van der Waals surface area contributed by atoms with Crippen LogP contribution < -0.4 is 0 Å². The molecule has 0 spiro atoms. The fourth-order valence-corrected chi connectivity index (χ4v) is 3.43. The van der Waals surface area contributed by atoms with Gasteiger partial charge in [0, 0.05) is 13.3 Å². The molecule has 4 nitrogen and oxygen atoms in total. The van der Waals surface area contributed by atoms with Crippen molar-refractivity contribution in [2.75, 3.05) is 26.0 Å². The van der Waals surface area contributed by atoms with Crippen molar-refractivity contribution < 1.29 is 18.6 Å². The molecule has 0 aliphatic carbocycles. The molecule has 0 amide bonds. The molecule has 18 heavy (non-hydrogen) atoms. The summed E-state index contributed by atoms with van der Waals surface area (Å²) < 4.78 is 22.1. The Hall–Kier alpha value is -0.340. The summed E-state index contributed by atoms with van der Waals surface area (Å²) in [6.45, 7) is 4.24. The normalized spacial score (nSPS) is 14.2. The average molecular weight is 278 g/mol. The van der Waals surface area contributed by atoms with Crippen LogP contribution in [-0.4, -0.2) is 32.0 Å². The number of esters is 1. The SMILES string of the molecule is CCCCCCCCP(=O)(CC(=O)OCC)OC. The minimum atomic E-state index is -2.82. The van der Waals surface area contributed by atoms with E-state index in [1.54, 1.807) is 6.92 Å². The van der Waals surface area contributed by atoms with Crippen LogP contribution in [0.15, 0.2) is 0 Å². The highest BCUT2D eigenvalue weighted by atomic mass is 31.2. The third kappa shape index (κ3) is 8.71. The number of unbranched alkanes of at least 4 members (excludes halogenated alkanes) is 5. The van der Waals surface area contributed by atoms with Crippen molar-refractivity contribution >= 4 is 13.3 Å². The van der Waals surface area contributed by atoms with Gasteiger partial charge in [-0.2, -0.15) is 0 Å². The number of hydrogen-bond acceptors (Lipinski definition) is 4. The van der Waals surface area contributed by atoms with Gasteiger partial charge in [-0.25, -0.2) is 0 Å². The van der Waals surface area contributed by atoms with Crippen LogP contribution in [0, 0.1) is 0 Å². The van der Waals surface area contributed by atoms with E-state index in [4.69, 9.17) is 9.26 Å². The standard InChI is InChI=1S/C13H27O4P/c1-4-6-7-8-9-10-11-18(15,16-3)12-13(14)17-5-2/h4-12H2,1-3H3. The molecule has 0 N–H and O–H groups in total. The molecule has 5 heteroatoms. The highest BCUT2D eigenvalue weighted by Crippen LogP contribution is 2.46. The number of carbonyl (C=O) groups excluding carboxylic acids is 1. The molecule has 0 radical (unpaired) electrons. The zero-order valence-corrected chi connectivity index (χ0v) is 12.8. The van der Waals surface area contributed by atoms with Crippen LogP contribution in [0.1, 0.15) is 52.4 Å². The summed E-state index contributed by atoms with van der Waals surface area (Å²) >= 11 is 0. The summed E-state index contributed by atoms with van der Waals surface area (Å²) in [5.74, 6) is -0.423. The highest BCUT2D eigenvalue weighted by Gasteiger charge is 2.25. The molecule has 0 aliphatic rings. The fraction of sp³-hybridized carbons (Fsp3) is 0.923. The lowest BCUT2D eigenvalue weighted by atomic mass is 10.1. The average Bonchev–Trinajstić information content (AvgIpc) is 2.34. The minimum absolute atomic E-state index is 0.0910. The van der Waals surface area contributed by atoms with E-state index in [0.717, 1.165) is 19.3 Å². The summed E-state index contributed by atoms with van der Waals surface area (Å²) in [5.41, 5.74) is 0. The summed E-state index contributed by atoms with van der Waals surface area (Å²) in [5, 5.41) is 0. The molecular weight excluding hydrogens is 251 g/mol. The van der Waals surface area contributed by atoms with Gasteiger partial charge in [-0.1, -0.05) is 39.0 Å². The van der Waals surface area contributed by atoms with Crippen molar-refractivity contribution in [3.8, 4) is 0 Å². The zero-order valence-electron chi connectivity index (χ0n) is 11.9. The molecule has 0 heterocycles. The van der Waals surface area contributed by atoms with Crippen molar-refractivity contribution in [3.05, 3.63) is 0 Å². The first kappa shape index (κ1) is 17.7. The zero-order chi connectivity index (χ0) is 13.9. The summed E-state index contributed by atoms with van der Waals surface area (Å²) in [6.07, 6.45) is 7.16. The van der Waals surface area contributed by atoms with Gasteiger partial charge in [0.25, 0.3) is 0 Å². The number of rotatable bonds is 11. The maximum Gasteiger partial charge on any atom is 0.315 e. The summed E-state index contributed by atoms with van der Waals surface area (Å²) in [4.78, 5) is 11.3. The molecular formula is C13H27O4P. The Bertz CT molecular complexity index is 266. The van der Waals surface area contributed by atoms with E-state index in [1.165, 1.54) is 26.4 Å². The van der Waals surface area contributed by atoms with E-state index in [9.17, 15) is 9.36 Å². The Kier molecular flexibility index (Phi) is 10.4. The second-order valence-electron chi connectivity index (χ2n) is 4.45. The maximum atomic E-state index is 12.2. The van der Waals surface area contributed by atoms with Crippen molar-refractivity contribution in [2.45, 2.75) is 52.4 Å². The van der Waals surface area contributed by atoms with Gasteiger partial charge < -0.3 is 9.26 Å². The maximum absolute atomic E-state index is 12.2. The van der Waals surface area contributed by atoms with E-state index in [0.29, 0.717) is 12.8 Å². The highest BCUT2D eigenvalue weighted by molar-refractivity contribution is 7.59.